The van der Waals surface area contributed by atoms with Gasteiger partial charge in [-0.3, -0.25) is 4.79 Å². The number of fused-ring (bicyclic) bond motifs is 1. The monoisotopic (exact) mass is 470 g/mol. The van der Waals surface area contributed by atoms with E-state index >= 15 is 0 Å². The second kappa shape index (κ2) is 9.65. The van der Waals surface area contributed by atoms with Gasteiger partial charge in [-0.15, -0.1) is 0 Å². The Labute approximate surface area is 195 Å². The van der Waals surface area contributed by atoms with Gasteiger partial charge in [0.25, 0.3) is 5.91 Å². The average Bonchev–Trinajstić information content (AvgIpc) is 2.82. The summed E-state index contributed by atoms with van der Waals surface area (Å²) < 4.78 is 33.2. The third kappa shape index (κ3) is 4.96. The van der Waals surface area contributed by atoms with Crippen LogP contribution in [0.1, 0.15) is 54.6 Å². The molecule has 2 aliphatic rings. The smallest absolute Gasteiger partial charge is 0.338 e. The van der Waals surface area contributed by atoms with Crippen molar-refractivity contribution in [2.75, 3.05) is 13.2 Å². The minimum absolute atomic E-state index is 0.0425. The summed E-state index contributed by atoms with van der Waals surface area (Å²) in [7, 11) is -3.77. The summed E-state index contributed by atoms with van der Waals surface area (Å²) in [6, 6.07) is 13.9. The lowest BCUT2D eigenvalue weighted by molar-refractivity contribution is -0.140. The lowest BCUT2D eigenvalue weighted by Gasteiger charge is -2.38. The Morgan fingerprint density at radius 2 is 1.70 bits per heavy atom. The van der Waals surface area contributed by atoms with Crippen LogP contribution >= 0.6 is 0 Å². The van der Waals surface area contributed by atoms with Crippen LogP contribution in [0.15, 0.2) is 53.4 Å². The summed E-state index contributed by atoms with van der Waals surface area (Å²) in [5.74, 6) is -0.930. The fourth-order valence-corrected chi connectivity index (χ4v) is 6.27. The first kappa shape index (κ1) is 23.4. The molecule has 2 heterocycles. The maximum atomic E-state index is 13.2. The molecule has 4 rings (SSSR count). The summed E-state index contributed by atoms with van der Waals surface area (Å²) in [6.07, 6.45) is 3.60. The maximum Gasteiger partial charge on any atom is 0.338 e. The molecule has 0 unspecified atom stereocenters. The molecular weight excluding hydrogens is 440 g/mol. The van der Waals surface area contributed by atoms with Crippen molar-refractivity contribution in [3.8, 4) is 0 Å². The minimum atomic E-state index is -3.77. The van der Waals surface area contributed by atoms with Gasteiger partial charge in [0.05, 0.1) is 10.5 Å². The van der Waals surface area contributed by atoms with Gasteiger partial charge in [-0.2, -0.15) is 4.31 Å². The highest BCUT2D eigenvalue weighted by Gasteiger charge is 2.31. The molecule has 0 aromatic heterocycles. The zero-order chi connectivity index (χ0) is 23.6. The standard InChI is InChI=1S/C25H30N2O5S/c1-18-7-5-8-19(2)27(18)24(28)17-32-25(29)21-11-6-12-23(15-21)33(30,31)26-14-13-20-9-3-4-10-22(20)16-26/h3-4,6,9-12,15,18-19H,5,7-8,13-14,16-17H2,1-2H3/t18-,19-/m0/s1. The molecule has 1 saturated heterocycles. The van der Waals surface area contributed by atoms with E-state index in [1.54, 1.807) is 4.90 Å². The second-order valence-electron chi connectivity index (χ2n) is 8.89. The minimum Gasteiger partial charge on any atom is -0.452 e. The van der Waals surface area contributed by atoms with Gasteiger partial charge in [-0.05, 0) is 68.9 Å². The SMILES string of the molecule is C[C@H]1CCC[C@H](C)N1C(=O)COC(=O)c1cccc(S(=O)(=O)N2CCc3ccccc3C2)c1. The van der Waals surface area contributed by atoms with Crippen LogP contribution in [0, 0.1) is 0 Å². The molecule has 0 aliphatic carbocycles. The molecule has 0 N–H and O–H groups in total. The lowest BCUT2D eigenvalue weighted by atomic mass is 9.97. The van der Waals surface area contributed by atoms with Gasteiger partial charge in [0.15, 0.2) is 6.61 Å². The van der Waals surface area contributed by atoms with Crippen molar-refractivity contribution < 1.29 is 22.7 Å². The molecule has 1 fully saturated rings. The molecule has 176 valence electrons. The van der Waals surface area contributed by atoms with E-state index in [4.69, 9.17) is 4.74 Å². The average molecular weight is 471 g/mol. The van der Waals surface area contributed by atoms with Crippen molar-refractivity contribution in [2.24, 2.45) is 0 Å². The Morgan fingerprint density at radius 3 is 2.42 bits per heavy atom. The molecule has 2 aromatic carbocycles. The number of ether oxygens (including phenoxy) is 1. The number of benzene rings is 2. The topological polar surface area (TPSA) is 84.0 Å². The number of hydrogen-bond donors (Lipinski definition) is 0. The molecule has 33 heavy (non-hydrogen) atoms. The Bertz CT molecular complexity index is 1140. The first-order valence-electron chi connectivity index (χ1n) is 11.4. The number of likely N-dealkylation sites (tertiary alicyclic amines) is 1. The molecule has 8 heteroatoms. The zero-order valence-electron chi connectivity index (χ0n) is 19.1. The quantitative estimate of drug-likeness (QED) is 0.626. The van der Waals surface area contributed by atoms with E-state index in [9.17, 15) is 18.0 Å². The largest absolute Gasteiger partial charge is 0.452 e. The molecule has 1 amide bonds. The lowest BCUT2D eigenvalue weighted by Crippen LogP contribution is -2.49. The molecule has 2 atom stereocenters. The number of esters is 1. The van der Waals surface area contributed by atoms with Crippen molar-refractivity contribution >= 4 is 21.9 Å². The number of piperidine rings is 1. The summed E-state index contributed by atoms with van der Waals surface area (Å²) >= 11 is 0. The molecule has 2 aliphatic heterocycles. The van der Waals surface area contributed by atoms with Gasteiger partial charge in [0.2, 0.25) is 10.0 Å². The molecular formula is C25H30N2O5S. The molecule has 0 radical (unpaired) electrons. The Morgan fingerprint density at radius 1 is 1.00 bits per heavy atom. The first-order valence-corrected chi connectivity index (χ1v) is 12.9. The Kier molecular flexibility index (Phi) is 6.86. The third-order valence-electron chi connectivity index (χ3n) is 6.61. The van der Waals surface area contributed by atoms with Crippen LogP contribution in [-0.2, 0) is 32.5 Å². The first-order chi connectivity index (χ1) is 15.8. The van der Waals surface area contributed by atoms with Crippen molar-refractivity contribution in [3.63, 3.8) is 0 Å². The van der Waals surface area contributed by atoms with Gasteiger partial charge in [0, 0.05) is 25.2 Å². The molecule has 0 saturated carbocycles. The van der Waals surface area contributed by atoms with Gasteiger partial charge < -0.3 is 9.64 Å². The Balaban J connectivity index is 1.44. The van der Waals surface area contributed by atoms with Crippen LogP contribution in [-0.4, -0.2) is 54.7 Å². The highest BCUT2D eigenvalue weighted by Crippen LogP contribution is 2.26. The van der Waals surface area contributed by atoms with Gasteiger partial charge in [0.1, 0.15) is 0 Å². The molecule has 0 spiro atoms. The van der Waals surface area contributed by atoms with Crippen molar-refractivity contribution in [1.82, 2.24) is 9.21 Å². The summed E-state index contributed by atoms with van der Waals surface area (Å²) in [4.78, 5) is 27.1. The van der Waals surface area contributed by atoms with E-state index < -0.39 is 16.0 Å². The number of carbonyl (C=O) groups is 2. The fourth-order valence-electron chi connectivity index (χ4n) is 4.81. The highest BCUT2D eigenvalue weighted by atomic mass is 32.2. The van der Waals surface area contributed by atoms with E-state index in [0.29, 0.717) is 19.5 Å². The highest BCUT2D eigenvalue weighted by molar-refractivity contribution is 7.89. The van der Waals surface area contributed by atoms with Crippen LogP contribution in [0.4, 0.5) is 0 Å². The maximum absolute atomic E-state index is 13.2. The second-order valence-corrected chi connectivity index (χ2v) is 10.8. The van der Waals surface area contributed by atoms with Crippen molar-refractivity contribution in [1.29, 1.82) is 0 Å². The summed E-state index contributed by atoms with van der Waals surface area (Å²) in [6.45, 7) is 4.33. The number of nitrogens with zero attached hydrogens (tertiary/aromatic N) is 2. The Hall–Kier alpha value is -2.71. The van der Waals surface area contributed by atoms with Crippen LogP contribution in [0.2, 0.25) is 0 Å². The number of carbonyl (C=O) groups excluding carboxylic acids is 2. The van der Waals surface area contributed by atoms with Crippen LogP contribution in [0.5, 0.6) is 0 Å². The van der Waals surface area contributed by atoms with Gasteiger partial charge >= 0.3 is 5.97 Å². The number of hydrogen-bond acceptors (Lipinski definition) is 5. The molecule has 0 bridgehead atoms. The van der Waals surface area contributed by atoms with Gasteiger partial charge in [-0.25, -0.2) is 13.2 Å². The van der Waals surface area contributed by atoms with Crippen LogP contribution < -0.4 is 0 Å². The number of rotatable bonds is 5. The van der Waals surface area contributed by atoms with Crippen molar-refractivity contribution in [2.45, 2.75) is 63.1 Å². The fraction of sp³-hybridized carbons (Fsp3) is 0.440. The summed E-state index contributed by atoms with van der Waals surface area (Å²) in [5.41, 5.74) is 2.26. The summed E-state index contributed by atoms with van der Waals surface area (Å²) in [5, 5.41) is 0. The van der Waals surface area contributed by atoms with E-state index in [-0.39, 0.29) is 35.1 Å². The van der Waals surface area contributed by atoms with Crippen LogP contribution in [0.3, 0.4) is 0 Å². The predicted molar refractivity (Wildman–Crippen MR) is 124 cm³/mol. The zero-order valence-corrected chi connectivity index (χ0v) is 19.9. The van der Waals surface area contributed by atoms with Gasteiger partial charge in [-0.1, -0.05) is 30.3 Å². The third-order valence-corrected chi connectivity index (χ3v) is 8.45. The van der Waals surface area contributed by atoms with Crippen LogP contribution in [0.25, 0.3) is 0 Å². The van der Waals surface area contributed by atoms with E-state index in [1.807, 2.05) is 38.1 Å². The van der Waals surface area contributed by atoms with E-state index in [0.717, 1.165) is 30.4 Å². The molecule has 2 aromatic rings. The number of amides is 1. The molecule has 7 nitrogen and oxygen atoms in total. The number of sulfonamides is 1. The van der Waals surface area contributed by atoms with Crippen molar-refractivity contribution in [3.05, 3.63) is 65.2 Å². The normalized spacial score (nSPS) is 21.3. The predicted octanol–water partition coefficient (Wildman–Crippen LogP) is 3.38. The van der Waals surface area contributed by atoms with E-state index in [1.165, 1.54) is 28.6 Å². The van der Waals surface area contributed by atoms with E-state index in [2.05, 4.69) is 0 Å².